The molecule has 0 saturated heterocycles. The second kappa shape index (κ2) is 10.6. The molecule has 8 heteroatoms. The Bertz CT molecular complexity index is 1590. The zero-order valence-corrected chi connectivity index (χ0v) is 21.6. The number of hydrogen-bond acceptors (Lipinski definition) is 3. The molecule has 4 aromatic carbocycles. The second-order valence-corrected chi connectivity index (χ2v) is 9.50. The summed E-state index contributed by atoms with van der Waals surface area (Å²) in [7, 11) is 3.76. The minimum Gasteiger partial charge on any atom is -0.378 e. The van der Waals surface area contributed by atoms with Gasteiger partial charge in [-0.15, -0.1) is 0 Å². The molecule has 5 aromatic rings. The highest BCUT2D eigenvalue weighted by molar-refractivity contribution is 5.97. The first kappa shape index (κ1) is 26.0. The van der Waals surface area contributed by atoms with Crippen molar-refractivity contribution in [3.8, 4) is 11.4 Å². The number of alkyl halides is 3. The summed E-state index contributed by atoms with van der Waals surface area (Å²) < 4.78 is 43.2. The van der Waals surface area contributed by atoms with Crippen LogP contribution in [0, 0.1) is 0 Å². The molecule has 0 bridgehead atoms. The lowest BCUT2D eigenvalue weighted by Gasteiger charge is -2.25. The Labute approximate surface area is 224 Å². The molecule has 39 heavy (non-hydrogen) atoms. The van der Waals surface area contributed by atoms with Crippen LogP contribution in [0.3, 0.4) is 0 Å². The predicted molar refractivity (Wildman–Crippen MR) is 149 cm³/mol. The molecule has 0 spiro atoms. The standard InChI is InChI=1S/C31H27F3N4O/c1-36(2)25-17-15-23(16-18-25)20-37(30(39)31(32,33)34)26-12-8-11-24(19-26)29-35-27-13-6-7-14-28(27)38(29)21-22-9-4-3-5-10-22/h3-19H,20-21H2,1-2H3. The fourth-order valence-corrected chi connectivity index (χ4v) is 4.55. The second-order valence-electron chi connectivity index (χ2n) is 9.50. The van der Waals surface area contributed by atoms with Crippen LogP contribution in [-0.2, 0) is 17.9 Å². The van der Waals surface area contributed by atoms with Crippen LogP contribution in [0.5, 0.6) is 0 Å². The van der Waals surface area contributed by atoms with Gasteiger partial charge >= 0.3 is 12.1 Å². The minimum atomic E-state index is -5.03. The Balaban J connectivity index is 1.57. The summed E-state index contributed by atoms with van der Waals surface area (Å²) in [6, 6.07) is 31.2. The van der Waals surface area contributed by atoms with Gasteiger partial charge in [-0.3, -0.25) is 4.79 Å². The van der Waals surface area contributed by atoms with Gasteiger partial charge in [0, 0.05) is 37.6 Å². The van der Waals surface area contributed by atoms with Gasteiger partial charge in [0.15, 0.2) is 0 Å². The van der Waals surface area contributed by atoms with Crippen LogP contribution < -0.4 is 9.80 Å². The third-order valence-corrected chi connectivity index (χ3v) is 6.54. The molecular weight excluding hydrogens is 501 g/mol. The zero-order valence-electron chi connectivity index (χ0n) is 21.6. The van der Waals surface area contributed by atoms with Crippen molar-refractivity contribution >= 4 is 28.3 Å². The first-order chi connectivity index (χ1) is 18.7. The molecular formula is C31H27F3N4O. The van der Waals surface area contributed by atoms with Crippen molar-refractivity contribution in [1.82, 2.24) is 9.55 Å². The molecule has 0 unspecified atom stereocenters. The monoisotopic (exact) mass is 528 g/mol. The fraction of sp³-hybridized carbons (Fsp3) is 0.161. The summed E-state index contributed by atoms with van der Waals surface area (Å²) in [5.41, 5.74) is 5.00. The first-order valence-corrected chi connectivity index (χ1v) is 12.5. The van der Waals surface area contributed by atoms with E-state index >= 15 is 0 Å². The van der Waals surface area contributed by atoms with Gasteiger partial charge < -0.3 is 14.4 Å². The van der Waals surface area contributed by atoms with Crippen LogP contribution in [-0.4, -0.2) is 35.7 Å². The predicted octanol–water partition coefficient (Wildman–Crippen LogP) is 6.91. The molecule has 0 aliphatic heterocycles. The average molecular weight is 529 g/mol. The molecule has 0 N–H and O–H groups in total. The van der Waals surface area contributed by atoms with Crippen LogP contribution >= 0.6 is 0 Å². The van der Waals surface area contributed by atoms with E-state index in [2.05, 4.69) is 0 Å². The molecule has 0 saturated carbocycles. The number of anilines is 2. The van der Waals surface area contributed by atoms with Crippen molar-refractivity contribution in [3.05, 3.63) is 114 Å². The summed E-state index contributed by atoms with van der Waals surface area (Å²) in [5, 5.41) is 0. The van der Waals surface area contributed by atoms with Crippen molar-refractivity contribution in [2.24, 2.45) is 0 Å². The van der Waals surface area contributed by atoms with Crippen LogP contribution in [0.2, 0.25) is 0 Å². The summed E-state index contributed by atoms with van der Waals surface area (Å²) in [4.78, 5) is 20.1. The number of nitrogens with zero attached hydrogens (tertiary/aromatic N) is 4. The Kier molecular flexibility index (Phi) is 7.11. The SMILES string of the molecule is CN(C)c1ccc(CN(C(=O)C(F)(F)F)c2cccc(-c3nc4ccccc4n3Cc3ccccc3)c2)cc1. The number of para-hydroxylation sites is 2. The normalized spacial score (nSPS) is 11.5. The first-order valence-electron chi connectivity index (χ1n) is 12.5. The van der Waals surface area contributed by atoms with E-state index in [1.807, 2.05) is 90.3 Å². The van der Waals surface area contributed by atoms with Crippen molar-refractivity contribution in [1.29, 1.82) is 0 Å². The topological polar surface area (TPSA) is 41.4 Å². The van der Waals surface area contributed by atoms with Crippen LogP contribution in [0.15, 0.2) is 103 Å². The molecule has 0 radical (unpaired) electrons. The molecule has 0 aliphatic rings. The lowest BCUT2D eigenvalue weighted by molar-refractivity contribution is -0.170. The van der Waals surface area contributed by atoms with E-state index in [1.165, 1.54) is 6.07 Å². The van der Waals surface area contributed by atoms with Crippen LogP contribution in [0.25, 0.3) is 22.4 Å². The van der Waals surface area contributed by atoms with E-state index in [-0.39, 0.29) is 12.2 Å². The van der Waals surface area contributed by atoms with Crippen molar-refractivity contribution in [2.75, 3.05) is 23.9 Å². The lowest BCUT2D eigenvalue weighted by atomic mass is 10.1. The number of fused-ring (bicyclic) bond motifs is 1. The van der Waals surface area contributed by atoms with Gasteiger partial charge in [0.25, 0.3) is 0 Å². The Hall–Kier alpha value is -4.59. The molecule has 0 atom stereocenters. The molecule has 5 rings (SSSR count). The maximum absolute atomic E-state index is 13.7. The van der Waals surface area contributed by atoms with Gasteiger partial charge in [-0.05, 0) is 47.5 Å². The van der Waals surface area contributed by atoms with Gasteiger partial charge in [-0.1, -0.05) is 66.7 Å². The van der Waals surface area contributed by atoms with Gasteiger partial charge in [-0.25, -0.2) is 4.98 Å². The number of amides is 1. The van der Waals surface area contributed by atoms with Gasteiger partial charge in [0.2, 0.25) is 0 Å². The molecule has 198 valence electrons. The number of hydrogen-bond donors (Lipinski definition) is 0. The summed E-state index contributed by atoms with van der Waals surface area (Å²) >= 11 is 0. The van der Waals surface area contributed by atoms with Gasteiger partial charge in [0.05, 0.1) is 17.6 Å². The van der Waals surface area contributed by atoms with E-state index in [1.54, 1.807) is 30.3 Å². The third kappa shape index (κ3) is 5.65. The quantitative estimate of drug-likeness (QED) is 0.230. The maximum Gasteiger partial charge on any atom is 0.471 e. The van der Waals surface area contributed by atoms with Crippen molar-refractivity contribution in [2.45, 2.75) is 19.3 Å². The number of halogens is 3. The summed E-state index contributed by atoms with van der Waals surface area (Å²) in [5.74, 6) is -1.31. The van der Waals surface area contributed by atoms with E-state index in [9.17, 15) is 18.0 Å². The number of carbonyl (C=O) groups is 1. The van der Waals surface area contributed by atoms with Crippen molar-refractivity contribution < 1.29 is 18.0 Å². The Morgan fingerprint density at radius 3 is 2.18 bits per heavy atom. The molecule has 0 fully saturated rings. The number of aromatic nitrogens is 2. The molecule has 0 aliphatic carbocycles. The highest BCUT2D eigenvalue weighted by atomic mass is 19.4. The largest absolute Gasteiger partial charge is 0.471 e. The van der Waals surface area contributed by atoms with Crippen molar-refractivity contribution in [3.63, 3.8) is 0 Å². The minimum absolute atomic E-state index is 0.143. The molecule has 1 amide bonds. The van der Waals surface area contributed by atoms with E-state index in [0.29, 0.717) is 23.5 Å². The van der Waals surface area contributed by atoms with Gasteiger partial charge in [-0.2, -0.15) is 13.2 Å². The lowest BCUT2D eigenvalue weighted by Crippen LogP contribution is -2.40. The number of imidazole rings is 1. The highest BCUT2D eigenvalue weighted by Crippen LogP contribution is 2.31. The molecule has 5 nitrogen and oxygen atoms in total. The van der Waals surface area contributed by atoms with Crippen LogP contribution in [0.4, 0.5) is 24.5 Å². The molecule has 1 heterocycles. The highest BCUT2D eigenvalue weighted by Gasteiger charge is 2.43. The Morgan fingerprint density at radius 1 is 0.795 bits per heavy atom. The van der Waals surface area contributed by atoms with E-state index < -0.39 is 12.1 Å². The number of benzene rings is 4. The van der Waals surface area contributed by atoms with E-state index in [4.69, 9.17) is 4.98 Å². The third-order valence-electron chi connectivity index (χ3n) is 6.54. The fourth-order valence-electron chi connectivity index (χ4n) is 4.55. The average Bonchev–Trinajstić information content (AvgIpc) is 3.30. The van der Waals surface area contributed by atoms with E-state index in [0.717, 1.165) is 27.2 Å². The summed E-state index contributed by atoms with van der Waals surface area (Å²) in [6.07, 6.45) is -5.03. The maximum atomic E-state index is 13.7. The smallest absolute Gasteiger partial charge is 0.378 e. The molecule has 1 aromatic heterocycles. The Morgan fingerprint density at radius 2 is 1.49 bits per heavy atom. The number of carbonyl (C=O) groups excluding carboxylic acids is 1. The summed E-state index contributed by atoms with van der Waals surface area (Å²) in [6.45, 7) is 0.306. The number of rotatable bonds is 7. The zero-order chi connectivity index (χ0) is 27.6. The van der Waals surface area contributed by atoms with Gasteiger partial charge in [0.1, 0.15) is 5.82 Å². The van der Waals surface area contributed by atoms with Crippen LogP contribution in [0.1, 0.15) is 11.1 Å².